The van der Waals surface area contributed by atoms with Crippen molar-refractivity contribution in [2.45, 2.75) is 13.8 Å². The molecule has 0 radical (unpaired) electrons. The zero-order chi connectivity index (χ0) is 16.4. The Morgan fingerprint density at radius 2 is 2.04 bits per heavy atom. The van der Waals surface area contributed by atoms with E-state index in [9.17, 15) is 5.26 Å². The van der Waals surface area contributed by atoms with Crippen molar-refractivity contribution in [3.63, 3.8) is 0 Å². The molecular weight excluding hydrogens is 286 g/mol. The van der Waals surface area contributed by atoms with Crippen molar-refractivity contribution in [2.75, 3.05) is 12.4 Å². The highest BCUT2D eigenvalue weighted by atomic mass is 15.1. The largest absolute Gasteiger partial charge is 0.357 e. The number of nitriles is 1. The Bertz CT molecular complexity index is 912. The van der Waals surface area contributed by atoms with Gasteiger partial charge in [-0.05, 0) is 37.6 Å². The number of aromatic nitrogens is 3. The van der Waals surface area contributed by atoms with E-state index >= 15 is 0 Å². The Kier molecular flexibility index (Phi) is 3.82. The first-order valence-corrected chi connectivity index (χ1v) is 7.34. The van der Waals surface area contributed by atoms with Crippen LogP contribution in [0.15, 0.2) is 36.5 Å². The van der Waals surface area contributed by atoms with E-state index < -0.39 is 0 Å². The highest BCUT2D eigenvalue weighted by Crippen LogP contribution is 2.30. The van der Waals surface area contributed by atoms with E-state index in [1.807, 2.05) is 26.0 Å². The molecule has 0 saturated carbocycles. The summed E-state index contributed by atoms with van der Waals surface area (Å²) in [5.74, 6) is 0.545. The molecule has 118 valence electrons. The summed E-state index contributed by atoms with van der Waals surface area (Å²) < 4.78 is 0. The Morgan fingerprint density at radius 1 is 1.22 bits per heavy atom. The number of nitrogens with zero attached hydrogens (tertiary/aromatic N) is 3. The van der Waals surface area contributed by atoms with Crippen LogP contribution >= 0.6 is 0 Å². The van der Waals surface area contributed by atoms with Gasteiger partial charge in [-0.3, -0.25) is 0 Å². The third kappa shape index (κ3) is 2.79. The van der Waals surface area contributed by atoms with Gasteiger partial charge in [0.15, 0.2) is 0 Å². The number of anilines is 1. The molecule has 0 unspecified atom stereocenters. The van der Waals surface area contributed by atoms with E-state index in [-0.39, 0.29) is 2.85 Å². The number of hydrogen-bond donors (Lipinski definition) is 2. The lowest BCUT2D eigenvalue weighted by atomic mass is 10.0. The minimum atomic E-state index is 0. The Labute approximate surface area is 138 Å². The first-order chi connectivity index (χ1) is 11.1. The maximum atomic E-state index is 9.49. The van der Waals surface area contributed by atoms with Crippen LogP contribution in [0.3, 0.4) is 0 Å². The van der Waals surface area contributed by atoms with Crippen molar-refractivity contribution in [2.24, 2.45) is 0 Å². The Morgan fingerprint density at radius 3 is 2.78 bits per heavy atom. The summed E-state index contributed by atoms with van der Waals surface area (Å²) in [5.41, 5.74) is 6.31. The van der Waals surface area contributed by atoms with Gasteiger partial charge < -0.3 is 10.3 Å². The fourth-order valence-electron chi connectivity index (χ4n) is 2.53. The van der Waals surface area contributed by atoms with Crippen LogP contribution in [0.5, 0.6) is 0 Å². The smallest absolute Gasteiger partial charge is 0.222 e. The van der Waals surface area contributed by atoms with Gasteiger partial charge in [0.2, 0.25) is 5.95 Å². The average Bonchev–Trinajstić information content (AvgIpc) is 3.01. The maximum absolute atomic E-state index is 9.49. The molecule has 0 aliphatic carbocycles. The molecule has 0 amide bonds. The van der Waals surface area contributed by atoms with Crippen molar-refractivity contribution in [3.05, 3.63) is 53.2 Å². The minimum absolute atomic E-state index is 0. The van der Waals surface area contributed by atoms with Crippen LogP contribution < -0.4 is 5.32 Å². The van der Waals surface area contributed by atoms with Crippen LogP contribution in [-0.2, 0) is 0 Å². The van der Waals surface area contributed by atoms with Crippen LogP contribution in [0.2, 0.25) is 0 Å². The van der Waals surface area contributed by atoms with Crippen molar-refractivity contribution in [3.8, 4) is 28.7 Å². The molecule has 0 fully saturated rings. The van der Waals surface area contributed by atoms with Gasteiger partial charge in [-0.1, -0.05) is 17.7 Å². The minimum Gasteiger partial charge on any atom is -0.357 e. The third-order valence-corrected chi connectivity index (χ3v) is 3.76. The van der Waals surface area contributed by atoms with Gasteiger partial charge in [0.1, 0.15) is 6.07 Å². The fraction of sp³-hybridized carbons (Fsp3) is 0.167. The molecule has 0 bridgehead atoms. The van der Waals surface area contributed by atoms with E-state index in [1.165, 1.54) is 0 Å². The van der Waals surface area contributed by atoms with Gasteiger partial charge in [0.25, 0.3) is 0 Å². The number of aromatic amines is 1. The normalized spacial score (nSPS) is 10.3. The average molecular weight is 307 g/mol. The van der Waals surface area contributed by atoms with Crippen LogP contribution in [0.25, 0.3) is 22.6 Å². The molecule has 23 heavy (non-hydrogen) atoms. The Balaban J connectivity index is 0.00000156. The van der Waals surface area contributed by atoms with Gasteiger partial charge in [-0.15, -0.1) is 0 Å². The predicted octanol–water partition coefficient (Wildman–Crippen LogP) is 4.16. The van der Waals surface area contributed by atoms with Gasteiger partial charge >= 0.3 is 0 Å². The second kappa shape index (κ2) is 5.93. The zero-order valence-electron chi connectivity index (χ0n) is 13.3. The van der Waals surface area contributed by atoms with Crippen LogP contribution in [-0.4, -0.2) is 22.0 Å². The summed E-state index contributed by atoms with van der Waals surface area (Å²) in [7, 11) is 1.77. The van der Waals surface area contributed by atoms with Crippen LogP contribution in [0, 0.1) is 25.2 Å². The lowest BCUT2D eigenvalue weighted by Crippen LogP contribution is -1.96. The lowest BCUT2D eigenvalue weighted by molar-refractivity contribution is 1.14. The first-order valence-electron chi connectivity index (χ1n) is 7.34. The zero-order valence-corrected chi connectivity index (χ0v) is 13.3. The molecule has 1 aromatic carbocycles. The van der Waals surface area contributed by atoms with E-state index in [1.54, 1.807) is 13.2 Å². The molecule has 2 heterocycles. The number of rotatable bonds is 3. The van der Waals surface area contributed by atoms with Crippen molar-refractivity contribution >= 4 is 5.95 Å². The molecule has 0 saturated heterocycles. The Hall–Kier alpha value is -3.13. The SMILES string of the molecule is CNc1nccc(-c2cc(C#N)c(-c3cc(C)ccc3C)[nH]2)n1.[HH].[HH]. The second-order valence-corrected chi connectivity index (χ2v) is 5.42. The predicted molar refractivity (Wildman–Crippen MR) is 95.2 cm³/mol. The number of H-pyrrole nitrogens is 1. The summed E-state index contributed by atoms with van der Waals surface area (Å²) in [5, 5.41) is 12.4. The summed E-state index contributed by atoms with van der Waals surface area (Å²) in [4.78, 5) is 11.9. The highest BCUT2D eigenvalue weighted by molar-refractivity contribution is 5.75. The fourth-order valence-corrected chi connectivity index (χ4v) is 2.53. The molecule has 0 aliphatic rings. The molecule has 2 N–H and O–H groups in total. The molecule has 0 aliphatic heterocycles. The summed E-state index contributed by atoms with van der Waals surface area (Å²) in [6, 6.07) is 12.1. The molecule has 3 rings (SSSR count). The second-order valence-electron chi connectivity index (χ2n) is 5.42. The number of hydrogen-bond acceptors (Lipinski definition) is 4. The van der Waals surface area contributed by atoms with Crippen LogP contribution in [0.4, 0.5) is 5.95 Å². The third-order valence-electron chi connectivity index (χ3n) is 3.76. The highest BCUT2D eigenvalue weighted by Gasteiger charge is 2.14. The van der Waals surface area contributed by atoms with Gasteiger partial charge in [0.05, 0.1) is 22.6 Å². The molecule has 2 aromatic heterocycles. The monoisotopic (exact) mass is 307 g/mol. The van der Waals surface area contributed by atoms with Crippen LogP contribution in [0.1, 0.15) is 19.5 Å². The molecule has 5 nitrogen and oxygen atoms in total. The summed E-state index contributed by atoms with van der Waals surface area (Å²) in [6.45, 7) is 4.09. The molecular formula is C18H21N5. The topological polar surface area (TPSA) is 77.4 Å². The van der Waals surface area contributed by atoms with E-state index in [4.69, 9.17) is 0 Å². The van der Waals surface area contributed by atoms with Gasteiger partial charge in [-0.2, -0.15) is 5.26 Å². The lowest BCUT2D eigenvalue weighted by Gasteiger charge is -2.06. The van der Waals surface area contributed by atoms with Crippen molar-refractivity contribution in [1.29, 1.82) is 5.26 Å². The molecule has 3 aromatic rings. The maximum Gasteiger partial charge on any atom is 0.222 e. The number of nitrogens with one attached hydrogen (secondary N) is 2. The van der Waals surface area contributed by atoms with Crippen molar-refractivity contribution < 1.29 is 2.85 Å². The summed E-state index contributed by atoms with van der Waals surface area (Å²) >= 11 is 0. The van der Waals surface area contributed by atoms with Gasteiger partial charge in [0, 0.05) is 21.7 Å². The van der Waals surface area contributed by atoms with E-state index in [2.05, 4.69) is 44.5 Å². The number of benzene rings is 1. The van der Waals surface area contributed by atoms with Gasteiger partial charge in [-0.25, -0.2) is 9.97 Å². The number of aryl methyl sites for hydroxylation is 2. The van der Waals surface area contributed by atoms with E-state index in [0.29, 0.717) is 11.5 Å². The van der Waals surface area contributed by atoms with Crippen molar-refractivity contribution in [1.82, 2.24) is 15.0 Å². The molecule has 5 heteroatoms. The van der Waals surface area contributed by atoms with E-state index in [0.717, 1.165) is 33.8 Å². The quantitative estimate of drug-likeness (QED) is 0.761. The first kappa shape index (κ1) is 14.8. The molecule has 0 atom stereocenters. The summed E-state index contributed by atoms with van der Waals surface area (Å²) in [6.07, 6.45) is 1.69. The molecule has 0 spiro atoms. The standard InChI is InChI=1S/C18H17N5.2H2/c1-11-4-5-12(2)14(8-11)17-13(10-19)9-16(22-17)15-6-7-21-18(20-3)23-15;;/h4-9,22H,1-3H3,(H,20,21,23);2*1H.